The number of H-pyrrole nitrogens is 2. The molecule has 4 atom stereocenters. The first kappa shape index (κ1) is 34.7. The molecule has 0 radical (unpaired) electrons. The average Bonchev–Trinajstić information content (AvgIpc) is 3.40. The molecule has 3 fully saturated rings. The first-order chi connectivity index (χ1) is 24.4. The number of ether oxygens (including phenoxy) is 2. The Labute approximate surface area is 310 Å². The maximum absolute atomic E-state index is 13.2. The van der Waals surface area contributed by atoms with Crippen molar-refractivity contribution in [2.45, 2.75) is 103 Å². The van der Waals surface area contributed by atoms with Gasteiger partial charge in [0.2, 0.25) is 0 Å². The third kappa shape index (κ3) is 6.57. The van der Waals surface area contributed by atoms with Gasteiger partial charge in [0.1, 0.15) is 33.7 Å². The van der Waals surface area contributed by atoms with Gasteiger partial charge >= 0.3 is 12.2 Å². The van der Waals surface area contributed by atoms with Crippen molar-refractivity contribution in [3.8, 4) is 22.4 Å². The normalized spacial score (nSPS) is 22.6. The predicted molar refractivity (Wildman–Crippen MR) is 207 cm³/mol. The van der Waals surface area contributed by atoms with Crippen LogP contribution in [0.15, 0.2) is 54.6 Å². The molecule has 12 heteroatoms. The monoisotopic (exact) mass is 738 g/mol. The Kier molecular flexibility index (Phi) is 8.07. The number of fused-ring (bicyclic) bond motifs is 4. The highest BCUT2D eigenvalue weighted by Crippen LogP contribution is 2.54. The molecule has 3 aliphatic rings. The molecule has 10 nitrogen and oxygen atoms in total. The number of rotatable bonds is 4. The smallest absolute Gasteiger partial charge is 0.411 e. The van der Waals surface area contributed by atoms with Gasteiger partial charge in [0, 0.05) is 23.2 Å². The van der Waals surface area contributed by atoms with E-state index in [4.69, 9.17) is 31.0 Å². The fourth-order valence-electron chi connectivity index (χ4n) is 8.00. The summed E-state index contributed by atoms with van der Waals surface area (Å²) in [6, 6.07) is 19.7. The van der Waals surface area contributed by atoms with Crippen molar-refractivity contribution in [2.24, 2.45) is 5.92 Å². The van der Waals surface area contributed by atoms with Gasteiger partial charge in [0.05, 0.1) is 31.2 Å². The topological polar surface area (TPSA) is 116 Å². The van der Waals surface area contributed by atoms with Crippen LogP contribution in [0.4, 0.5) is 9.59 Å². The number of halogens is 1. The maximum Gasteiger partial charge on any atom is 0.411 e. The highest BCUT2D eigenvalue weighted by molar-refractivity contribution is 6.78. The number of imidazole rings is 2. The van der Waals surface area contributed by atoms with Crippen molar-refractivity contribution >= 4 is 53.7 Å². The maximum atomic E-state index is 13.2. The van der Waals surface area contributed by atoms with Crippen molar-refractivity contribution < 1.29 is 19.1 Å². The third-order valence-electron chi connectivity index (χ3n) is 10.3. The molecule has 4 heterocycles. The van der Waals surface area contributed by atoms with Crippen LogP contribution < -0.4 is 0 Å². The van der Waals surface area contributed by atoms with Crippen LogP contribution in [0.2, 0.25) is 24.3 Å². The summed E-state index contributed by atoms with van der Waals surface area (Å²) in [6.45, 7) is 16.0. The van der Waals surface area contributed by atoms with E-state index in [0.717, 1.165) is 69.4 Å². The number of carbonyl (C=O) groups is 2. The lowest BCUT2D eigenvalue weighted by atomic mass is 9.99. The number of nitrogens with zero attached hydrogens (tertiary/aromatic N) is 4. The van der Waals surface area contributed by atoms with E-state index in [1.54, 1.807) is 0 Å². The molecule has 5 aromatic rings. The molecule has 0 unspecified atom stereocenters. The van der Waals surface area contributed by atoms with Crippen molar-refractivity contribution in [1.29, 1.82) is 0 Å². The van der Waals surface area contributed by atoms with E-state index in [9.17, 15) is 9.59 Å². The SMILES string of the molecule is CC(C)(C)OC(=O)N1C[Si](C)(C)C[C@H]1c1nc2c(ccc3cc(-c4ccc(-c5nc([C@H]6C[C@@H]7C[C@@H]7N6C(=O)OC(C)(C)C)[nH]c5Cl)cc4)ccc32)[nH]1. The molecule has 2 N–H and O–H groups in total. The standard InChI is InChI=1S/C40H47ClN6O4Si/c1-39(2,3)50-37(48)46-21-52(7,8)20-31(46)36-42-28-16-14-25-17-24(13-15-27(25)33(28)44-36)22-9-11-23(12-10-22)32-34(41)45-35(43-32)30-19-26-18-29(26)47(30)38(49)51-40(4,5)6/h9-17,26,29-31H,18-21H2,1-8H3,(H,42,44)(H,43,45)/t26-,29-,30+,31-/m0/s1. The van der Waals surface area contributed by atoms with E-state index >= 15 is 0 Å². The number of benzene rings is 3. The van der Waals surface area contributed by atoms with Gasteiger partial charge in [-0.2, -0.15) is 0 Å². The van der Waals surface area contributed by atoms with Crippen LogP contribution in [0.3, 0.4) is 0 Å². The molecule has 0 bridgehead atoms. The summed E-state index contributed by atoms with van der Waals surface area (Å²) in [7, 11) is -1.65. The third-order valence-corrected chi connectivity index (χ3v) is 13.3. The fraction of sp³-hybridized carbons (Fsp3) is 0.450. The van der Waals surface area contributed by atoms with Gasteiger partial charge in [-0.05, 0) is 95.0 Å². The zero-order valence-electron chi connectivity index (χ0n) is 31.1. The number of hydrogen-bond donors (Lipinski definition) is 2. The summed E-state index contributed by atoms with van der Waals surface area (Å²) < 4.78 is 11.5. The zero-order valence-corrected chi connectivity index (χ0v) is 32.9. The van der Waals surface area contributed by atoms with E-state index in [-0.39, 0.29) is 30.3 Å². The largest absolute Gasteiger partial charge is 0.444 e. The number of carbonyl (C=O) groups excluding carboxylic acids is 2. The van der Waals surface area contributed by atoms with E-state index in [1.165, 1.54) is 0 Å². The second-order valence-corrected chi connectivity index (χ2v) is 23.0. The molecular weight excluding hydrogens is 692 g/mol. The quantitative estimate of drug-likeness (QED) is 0.177. The van der Waals surface area contributed by atoms with Crippen LogP contribution in [-0.2, 0) is 9.47 Å². The summed E-state index contributed by atoms with van der Waals surface area (Å²) in [4.78, 5) is 46.9. The Hall–Kier alpha value is -4.35. The van der Waals surface area contributed by atoms with Crippen LogP contribution in [0, 0.1) is 5.92 Å². The minimum absolute atomic E-state index is 0.136. The first-order valence-electron chi connectivity index (χ1n) is 18.2. The number of piperidine rings is 1. The first-order valence-corrected chi connectivity index (χ1v) is 22.0. The lowest BCUT2D eigenvalue weighted by Gasteiger charge is -2.29. The Morgan fingerprint density at radius 1 is 0.808 bits per heavy atom. The lowest BCUT2D eigenvalue weighted by Crippen LogP contribution is -2.39. The number of nitrogens with one attached hydrogen (secondary N) is 2. The number of amides is 2. The summed E-state index contributed by atoms with van der Waals surface area (Å²) in [5, 5.41) is 2.60. The molecule has 1 saturated carbocycles. The minimum atomic E-state index is -1.65. The molecule has 3 aromatic carbocycles. The number of likely N-dealkylation sites (tertiary alicyclic amines) is 1. The van der Waals surface area contributed by atoms with Gasteiger partial charge < -0.3 is 24.3 Å². The molecule has 2 amide bonds. The van der Waals surface area contributed by atoms with E-state index < -0.39 is 19.3 Å². The Morgan fingerprint density at radius 3 is 2.17 bits per heavy atom. The summed E-state index contributed by atoms with van der Waals surface area (Å²) in [6.07, 6.45) is 2.03. The average molecular weight is 739 g/mol. The van der Waals surface area contributed by atoms with Gasteiger partial charge in [0.15, 0.2) is 0 Å². The van der Waals surface area contributed by atoms with E-state index in [0.29, 0.717) is 22.6 Å². The second kappa shape index (κ2) is 12.1. The van der Waals surface area contributed by atoms with Gasteiger partial charge in [-0.1, -0.05) is 67.2 Å². The summed E-state index contributed by atoms with van der Waals surface area (Å²) >= 11 is 6.73. The number of hydrogen-bond acceptors (Lipinski definition) is 6. The predicted octanol–water partition coefficient (Wildman–Crippen LogP) is 10.0. The van der Waals surface area contributed by atoms with Crippen LogP contribution in [-0.4, -0.2) is 73.4 Å². The fourth-order valence-corrected chi connectivity index (χ4v) is 11.1. The molecule has 8 rings (SSSR count). The highest BCUT2D eigenvalue weighted by atomic mass is 35.5. The Bertz CT molecular complexity index is 2220. The molecule has 0 spiro atoms. The molecule has 52 heavy (non-hydrogen) atoms. The number of aromatic nitrogens is 4. The summed E-state index contributed by atoms with van der Waals surface area (Å²) in [5.41, 5.74) is 4.45. The van der Waals surface area contributed by atoms with Crippen LogP contribution in [0.25, 0.3) is 44.2 Å². The molecule has 2 saturated heterocycles. The van der Waals surface area contributed by atoms with Crippen molar-refractivity contribution in [1.82, 2.24) is 29.7 Å². The second-order valence-electron chi connectivity index (χ2n) is 17.6. The van der Waals surface area contributed by atoms with Gasteiger partial charge in [-0.15, -0.1) is 0 Å². The van der Waals surface area contributed by atoms with Crippen molar-refractivity contribution in [3.05, 3.63) is 71.4 Å². The minimum Gasteiger partial charge on any atom is -0.444 e. The summed E-state index contributed by atoms with van der Waals surface area (Å²) in [5.74, 6) is 1.99. The molecule has 272 valence electrons. The van der Waals surface area contributed by atoms with Crippen LogP contribution in [0.1, 0.15) is 78.1 Å². The lowest BCUT2D eigenvalue weighted by molar-refractivity contribution is 0.0173. The van der Waals surface area contributed by atoms with Crippen molar-refractivity contribution in [3.63, 3.8) is 0 Å². The molecule has 2 aromatic heterocycles. The van der Waals surface area contributed by atoms with Gasteiger partial charge in [0.25, 0.3) is 0 Å². The molecular formula is C40H47ClN6O4Si. The Morgan fingerprint density at radius 2 is 1.46 bits per heavy atom. The zero-order chi connectivity index (χ0) is 36.9. The molecule has 1 aliphatic carbocycles. The van der Waals surface area contributed by atoms with Gasteiger partial charge in [-0.3, -0.25) is 4.90 Å². The highest BCUT2D eigenvalue weighted by Gasteiger charge is 2.56. The van der Waals surface area contributed by atoms with E-state index in [2.05, 4.69) is 65.5 Å². The van der Waals surface area contributed by atoms with Crippen LogP contribution >= 0.6 is 11.6 Å². The Balaban J connectivity index is 1.03. The van der Waals surface area contributed by atoms with E-state index in [1.807, 2.05) is 63.5 Å². The molecule has 2 aliphatic heterocycles. The number of aromatic amines is 2. The van der Waals surface area contributed by atoms with Crippen molar-refractivity contribution in [2.75, 3.05) is 6.17 Å². The van der Waals surface area contributed by atoms with Crippen LogP contribution in [0.5, 0.6) is 0 Å². The van der Waals surface area contributed by atoms with Gasteiger partial charge in [-0.25, -0.2) is 19.6 Å².